The highest BCUT2D eigenvalue weighted by atomic mass is 28.1. The average molecular weight is 105 g/mol. The molecule has 0 radical (unpaired) electrons. The highest BCUT2D eigenvalue weighted by Gasteiger charge is 1.85. The molecule has 3 nitrogen and oxygen atoms in total. The summed E-state index contributed by atoms with van der Waals surface area (Å²) in [6.45, 7) is 0.159. The fourth-order valence-electron chi connectivity index (χ4n) is 0.183. The van der Waals surface area contributed by atoms with Gasteiger partial charge in [-0.1, -0.05) is 0 Å². The summed E-state index contributed by atoms with van der Waals surface area (Å²) in [7, 11) is 0.945. The van der Waals surface area contributed by atoms with Gasteiger partial charge in [-0.25, -0.2) is 0 Å². The number of nitrogens with zero attached hydrogens (tertiary/aromatic N) is 1. The molecule has 0 aromatic rings. The molecule has 0 aromatic carbocycles. The van der Waals surface area contributed by atoms with E-state index in [2.05, 4.69) is 0 Å². The van der Waals surface area contributed by atoms with Gasteiger partial charge in [0.05, 0.1) is 0 Å². The van der Waals surface area contributed by atoms with Crippen LogP contribution in [-0.2, 0) is 0 Å². The minimum absolute atomic E-state index is 0.159. The molecule has 0 saturated carbocycles. The second-order valence-electron chi connectivity index (χ2n) is 1.06. The first-order chi connectivity index (χ1) is 2.77. The third-order valence-electron chi connectivity index (χ3n) is 0.406. The van der Waals surface area contributed by atoms with Crippen molar-refractivity contribution in [2.24, 2.45) is 0 Å². The molecule has 6 heavy (non-hydrogen) atoms. The molecule has 4 heteroatoms. The Labute approximate surface area is 38.9 Å². The molecule has 0 aliphatic carbocycles. The van der Waals surface area contributed by atoms with Crippen LogP contribution in [0.15, 0.2) is 0 Å². The van der Waals surface area contributed by atoms with Gasteiger partial charge in [0, 0.05) is 15.2 Å². The Morgan fingerprint density at radius 1 is 1.83 bits per heavy atom. The average Bonchev–Trinajstić information content (AvgIpc) is 1.35. The number of hydrogen-bond donors (Lipinski definition) is 0. The third-order valence-corrected chi connectivity index (χ3v) is 0.853. The largest absolute Gasteiger partial charge is 0.265 e. The van der Waals surface area contributed by atoms with E-state index in [0.29, 0.717) is 0 Å². The van der Waals surface area contributed by atoms with E-state index in [1.807, 2.05) is 0 Å². The van der Waals surface area contributed by atoms with Crippen LogP contribution < -0.4 is 0 Å². The second-order valence-corrected chi connectivity index (χ2v) is 2.06. The van der Waals surface area contributed by atoms with Crippen molar-refractivity contribution in [1.29, 1.82) is 0 Å². The Morgan fingerprint density at radius 2 is 2.33 bits per heavy atom. The van der Waals surface area contributed by atoms with E-state index < -0.39 is 0 Å². The summed E-state index contributed by atoms with van der Waals surface area (Å²) in [6.07, 6.45) is 0. The number of rotatable bonds is 2. The summed E-state index contributed by atoms with van der Waals surface area (Å²) in [4.78, 5) is 9.14. The van der Waals surface area contributed by atoms with Crippen LogP contribution in [0.3, 0.4) is 0 Å². The van der Waals surface area contributed by atoms with Crippen molar-refractivity contribution in [2.45, 2.75) is 6.04 Å². The Balaban J connectivity index is 2.83. The Bertz CT molecular complexity index is 55.5. The van der Waals surface area contributed by atoms with Gasteiger partial charge in [-0.3, -0.25) is 10.1 Å². The molecule has 0 fully saturated rings. The summed E-state index contributed by atoms with van der Waals surface area (Å²) in [6, 6.07) is 0.771. The lowest BCUT2D eigenvalue weighted by Crippen LogP contribution is -1.97. The van der Waals surface area contributed by atoms with Crippen molar-refractivity contribution in [1.82, 2.24) is 0 Å². The number of hydrogen-bond acceptors (Lipinski definition) is 2. The summed E-state index contributed by atoms with van der Waals surface area (Å²) >= 11 is 0. The molecule has 0 aliphatic rings. The first-order valence-electron chi connectivity index (χ1n) is 1.89. The molecule has 0 bridgehead atoms. The Kier molecular flexibility index (Phi) is 2.65. The predicted octanol–water partition coefficient (Wildman–Crippen LogP) is -0.953. The van der Waals surface area contributed by atoms with Gasteiger partial charge in [-0.15, -0.1) is 0 Å². The second kappa shape index (κ2) is 2.83. The lowest BCUT2D eigenvalue weighted by atomic mass is 10.8. The van der Waals surface area contributed by atoms with Gasteiger partial charge >= 0.3 is 0 Å². The van der Waals surface area contributed by atoms with E-state index in [9.17, 15) is 10.1 Å². The molecule has 0 spiro atoms. The van der Waals surface area contributed by atoms with Crippen molar-refractivity contribution in [2.75, 3.05) is 6.54 Å². The van der Waals surface area contributed by atoms with E-state index in [4.69, 9.17) is 0 Å². The Hall–Kier alpha value is -0.383. The molecule has 0 aromatic heterocycles. The molecule has 0 unspecified atom stereocenters. The van der Waals surface area contributed by atoms with E-state index in [1.165, 1.54) is 0 Å². The van der Waals surface area contributed by atoms with Gasteiger partial charge < -0.3 is 0 Å². The molecule has 0 heterocycles. The topological polar surface area (TPSA) is 43.1 Å². The van der Waals surface area contributed by atoms with E-state index >= 15 is 0 Å². The highest BCUT2D eigenvalue weighted by molar-refractivity contribution is 6.08. The van der Waals surface area contributed by atoms with Crippen LogP contribution in [0.1, 0.15) is 0 Å². The van der Waals surface area contributed by atoms with Gasteiger partial charge in [-0.2, -0.15) is 0 Å². The van der Waals surface area contributed by atoms with Crippen LogP contribution >= 0.6 is 0 Å². The van der Waals surface area contributed by atoms with Crippen molar-refractivity contribution in [3.63, 3.8) is 0 Å². The van der Waals surface area contributed by atoms with Gasteiger partial charge in [0.15, 0.2) is 0 Å². The molecule has 0 N–H and O–H groups in total. The molecular weight excluding hydrogens is 98.1 g/mol. The predicted molar refractivity (Wildman–Crippen MR) is 26.6 cm³/mol. The van der Waals surface area contributed by atoms with Crippen LogP contribution in [0.4, 0.5) is 0 Å². The van der Waals surface area contributed by atoms with Crippen molar-refractivity contribution in [3.8, 4) is 0 Å². The molecular formula is C2H7NO2Si. The van der Waals surface area contributed by atoms with Gasteiger partial charge in [0.1, 0.15) is 0 Å². The normalized spacial score (nSPS) is 8.67. The SMILES string of the molecule is O=[N+]([O-])CC[SiH3]. The van der Waals surface area contributed by atoms with Gasteiger partial charge in [-0.05, 0) is 6.04 Å². The van der Waals surface area contributed by atoms with Crippen LogP contribution in [0.2, 0.25) is 6.04 Å². The molecule has 0 saturated heterocycles. The lowest BCUT2D eigenvalue weighted by molar-refractivity contribution is -0.475. The summed E-state index contributed by atoms with van der Waals surface area (Å²) in [5.74, 6) is 0. The zero-order valence-corrected chi connectivity index (χ0v) is 5.68. The Morgan fingerprint density at radius 3 is 2.33 bits per heavy atom. The molecule has 0 rings (SSSR count). The van der Waals surface area contributed by atoms with Crippen molar-refractivity contribution >= 4 is 10.2 Å². The van der Waals surface area contributed by atoms with Crippen LogP contribution in [0, 0.1) is 10.1 Å². The van der Waals surface area contributed by atoms with E-state index in [0.717, 1.165) is 16.3 Å². The minimum atomic E-state index is -0.285. The fraction of sp³-hybridized carbons (Fsp3) is 1.00. The van der Waals surface area contributed by atoms with Crippen LogP contribution in [0.5, 0.6) is 0 Å². The van der Waals surface area contributed by atoms with Crippen molar-refractivity contribution < 1.29 is 4.92 Å². The quantitative estimate of drug-likeness (QED) is 0.258. The molecule has 0 amide bonds. The lowest BCUT2D eigenvalue weighted by Gasteiger charge is -1.80. The van der Waals surface area contributed by atoms with Crippen LogP contribution in [0.25, 0.3) is 0 Å². The summed E-state index contributed by atoms with van der Waals surface area (Å²) < 4.78 is 0. The monoisotopic (exact) mass is 105 g/mol. The summed E-state index contributed by atoms with van der Waals surface area (Å²) in [5, 5.41) is 9.43. The zero-order chi connectivity index (χ0) is 4.99. The van der Waals surface area contributed by atoms with E-state index in [1.54, 1.807) is 0 Å². The highest BCUT2D eigenvalue weighted by Crippen LogP contribution is 1.69. The molecule has 0 aliphatic heterocycles. The standard InChI is InChI=1S/C2H7NO2Si/c4-3(5)1-2-6/h1-2H2,6H3. The maximum absolute atomic E-state index is 9.43. The third kappa shape index (κ3) is 3.62. The van der Waals surface area contributed by atoms with Gasteiger partial charge in [0.25, 0.3) is 0 Å². The van der Waals surface area contributed by atoms with Gasteiger partial charge in [0.2, 0.25) is 6.54 Å². The van der Waals surface area contributed by atoms with Crippen molar-refractivity contribution in [3.05, 3.63) is 10.1 Å². The summed E-state index contributed by atoms with van der Waals surface area (Å²) in [5.41, 5.74) is 0. The minimum Gasteiger partial charge on any atom is -0.265 e. The van der Waals surface area contributed by atoms with Crippen LogP contribution in [-0.4, -0.2) is 21.7 Å². The fourth-order valence-corrected chi connectivity index (χ4v) is 0.548. The first-order valence-corrected chi connectivity index (χ1v) is 3.30. The maximum atomic E-state index is 9.43. The first kappa shape index (κ1) is 5.62. The molecule has 0 atom stereocenters. The maximum Gasteiger partial charge on any atom is 0.200 e. The number of nitro groups is 1. The van der Waals surface area contributed by atoms with E-state index in [-0.39, 0.29) is 11.5 Å². The smallest absolute Gasteiger partial charge is 0.200 e. The zero-order valence-electron chi connectivity index (χ0n) is 3.68. The molecule has 36 valence electrons.